The summed E-state index contributed by atoms with van der Waals surface area (Å²) >= 11 is 6.26. The molecule has 0 bridgehead atoms. The zero-order valence-corrected chi connectivity index (χ0v) is 12.6. The highest BCUT2D eigenvalue weighted by molar-refractivity contribution is 6.32. The topological polar surface area (TPSA) is 44.3 Å². The van der Waals surface area contributed by atoms with Gasteiger partial charge in [0.25, 0.3) is 0 Å². The summed E-state index contributed by atoms with van der Waals surface area (Å²) in [5, 5.41) is 3.83. The Balaban J connectivity index is 2.18. The molecule has 106 valence electrons. The second-order valence-electron chi connectivity index (χ2n) is 5.10. The predicted molar refractivity (Wildman–Crippen MR) is 80.1 cm³/mol. The van der Waals surface area contributed by atoms with Crippen molar-refractivity contribution in [2.45, 2.75) is 26.3 Å². The molecule has 1 unspecified atom stereocenters. The van der Waals surface area contributed by atoms with Gasteiger partial charge >= 0.3 is 0 Å². The summed E-state index contributed by atoms with van der Waals surface area (Å²) in [4.78, 5) is 13.4. The van der Waals surface area contributed by atoms with Crippen LogP contribution < -0.4 is 10.2 Å². The molecule has 1 aromatic heterocycles. The van der Waals surface area contributed by atoms with E-state index in [1.54, 1.807) is 6.20 Å². The number of likely N-dealkylation sites (N-methyl/N-ethyl adjacent to an activating group) is 1. The van der Waals surface area contributed by atoms with Crippen molar-refractivity contribution in [1.82, 2.24) is 14.9 Å². The zero-order valence-electron chi connectivity index (χ0n) is 11.9. The molecule has 2 rings (SSSR count). The van der Waals surface area contributed by atoms with Crippen molar-refractivity contribution in [2.75, 3.05) is 43.4 Å². The molecule has 19 heavy (non-hydrogen) atoms. The monoisotopic (exact) mass is 283 g/mol. The molecule has 0 spiro atoms. The van der Waals surface area contributed by atoms with Crippen molar-refractivity contribution >= 4 is 23.4 Å². The molecule has 6 heteroatoms. The minimum Gasteiger partial charge on any atom is -0.354 e. The van der Waals surface area contributed by atoms with Gasteiger partial charge < -0.3 is 15.1 Å². The number of rotatable bonds is 4. The van der Waals surface area contributed by atoms with E-state index in [-0.39, 0.29) is 0 Å². The predicted octanol–water partition coefficient (Wildman–Crippen LogP) is 2.09. The molecule has 1 aromatic rings. The standard InChI is InChI=1S/C13H22ClN5/c1-4-5-15-13-16-8-11(14)12(17-13)19-7-6-18(3)9-10(19)2/h8,10H,4-7,9H2,1-3H3,(H,15,16,17). The second kappa shape index (κ2) is 6.39. The maximum atomic E-state index is 6.26. The number of piperazine rings is 1. The molecule has 1 aliphatic rings. The Hall–Kier alpha value is -1.07. The van der Waals surface area contributed by atoms with Crippen LogP contribution in [0.3, 0.4) is 0 Å². The number of nitrogens with one attached hydrogen (secondary N) is 1. The van der Waals surface area contributed by atoms with Crippen molar-refractivity contribution in [1.29, 1.82) is 0 Å². The highest BCUT2D eigenvalue weighted by atomic mass is 35.5. The Morgan fingerprint density at radius 1 is 1.47 bits per heavy atom. The third kappa shape index (κ3) is 3.48. The van der Waals surface area contributed by atoms with Crippen molar-refractivity contribution in [3.8, 4) is 0 Å². The number of hydrogen-bond acceptors (Lipinski definition) is 5. The van der Waals surface area contributed by atoms with E-state index in [1.807, 2.05) is 0 Å². The van der Waals surface area contributed by atoms with E-state index in [1.165, 1.54) is 0 Å². The molecule has 0 aliphatic carbocycles. The molecule has 1 atom stereocenters. The summed E-state index contributed by atoms with van der Waals surface area (Å²) in [6.45, 7) is 8.20. The number of anilines is 2. The van der Waals surface area contributed by atoms with Gasteiger partial charge in [-0.15, -0.1) is 0 Å². The van der Waals surface area contributed by atoms with Crippen LogP contribution in [-0.2, 0) is 0 Å². The third-order valence-corrected chi connectivity index (χ3v) is 3.63. The van der Waals surface area contributed by atoms with Crippen LogP contribution in [0.4, 0.5) is 11.8 Å². The van der Waals surface area contributed by atoms with Crippen LogP contribution in [0.2, 0.25) is 5.02 Å². The number of nitrogens with zero attached hydrogens (tertiary/aromatic N) is 4. The van der Waals surface area contributed by atoms with E-state index in [9.17, 15) is 0 Å². The lowest BCUT2D eigenvalue weighted by Crippen LogP contribution is -2.51. The maximum Gasteiger partial charge on any atom is 0.224 e. The molecule has 0 amide bonds. The normalized spacial score (nSPS) is 20.6. The van der Waals surface area contributed by atoms with Gasteiger partial charge in [0.15, 0.2) is 5.82 Å². The van der Waals surface area contributed by atoms with Crippen LogP contribution >= 0.6 is 11.6 Å². The number of hydrogen-bond donors (Lipinski definition) is 1. The van der Waals surface area contributed by atoms with Crippen molar-refractivity contribution < 1.29 is 0 Å². The van der Waals surface area contributed by atoms with Crippen LogP contribution in [0.15, 0.2) is 6.20 Å². The molecular formula is C13H22ClN5. The number of aromatic nitrogens is 2. The fourth-order valence-electron chi connectivity index (χ4n) is 2.34. The SMILES string of the molecule is CCCNc1ncc(Cl)c(N2CCN(C)CC2C)n1. The van der Waals surface area contributed by atoms with Crippen molar-refractivity contribution in [3.05, 3.63) is 11.2 Å². The first-order chi connectivity index (χ1) is 9.11. The Labute approximate surface area is 120 Å². The van der Waals surface area contributed by atoms with Gasteiger partial charge in [0.05, 0.1) is 6.20 Å². The van der Waals surface area contributed by atoms with E-state index in [0.29, 0.717) is 17.0 Å². The van der Waals surface area contributed by atoms with Gasteiger partial charge in [-0.3, -0.25) is 0 Å². The van der Waals surface area contributed by atoms with Crippen LogP contribution in [0.25, 0.3) is 0 Å². The lowest BCUT2D eigenvalue weighted by Gasteiger charge is -2.39. The summed E-state index contributed by atoms with van der Waals surface area (Å²) in [6, 6.07) is 0.408. The van der Waals surface area contributed by atoms with Gasteiger partial charge in [-0.2, -0.15) is 4.98 Å². The van der Waals surface area contributed by atoms with Crippen LogP contribution in [0.1, 0.15) is 20.3 Å². The molecule has 0 radical (unpaired) electrons. The van der Waals surface area contributed by atoms with Gasteiger partial charge in [0, 0.05) is 32.2 Å². The van der Waals surface area contributed by atoms with Crippen molar-refractivity contribution in [3.63, 3.8) is 0 Å². The molecule has 1 N–H and O–H groups in total. The average Bonchev–Trinajstić information content (AvgIpc) is 2.38. The molecule has 1 aliphatic heterocycles. The Bertz CT molecular complexity index is 425. The minimum atomic E-state index is 0.408. The maximum absolute atomic E-state index is 6.26. The van der Waals surface area contributed by atoms with E-state index >= 15 is 0 Å². The highest BCUT2D eigenvalue weighted by Crippen LogP contribution is 2.26. The lowest BCUT2D eigenvalue weighted by molar-refractivity contribution is 0.274. The van der Waals surface area contributed by atoms with Crippen molar-refractivity contribution in [2.24, 2.45) is 0 Å². The summed E-state index contributed by atoms with van der Waals surface area (Å²) < 4.78 is 0. The van der Waals surface area contributed by atoms with E-state index in [0.717, 1.165) is 38.4 Å². The molecule has 0 aromatic carbocycles. The summed E-state index contributed by atoms with van der Waals surface area (Å²) in [6.07, 6.45) is 2.74. The van der Waals surface area contributed by atoms with Gasteiger partial charge in [-0.1, -0.05) is 18.5 Å². The van der Waals surface area contributed by atoms with E-state index in [2.05, 4.69) is 46.0 Å². The van der Waals surface area contributed by atoms with Crippen LogP contribution in [0.5, 0.6) is 0 Å². The minimum absolute atomic E-state index is 0.408. The van der Waals surface area contributed by atoms with Gasteiger partial charge in [0.2, 0.25) is 5.95 Å². The first-order valence-corrected chi connectivity index (χ1v) is 7.21. The summed E-state index contributed by atoms with van der Waals surface area (Å²) in [5.41, 5.74) is 0. The molecule has 0 saturated carbocycles. The van der Waals surface area contributed by atoms with Gasteiger partial charge in [-0.05, 0) is 20.4 Å². The Morgan fingerprint density at radius 2 is 2.26 bits per heavy atom. The first kappa shape index (κ1) is 14.3. The largest absolute Gasteiger partial charge is 0.354 e. The quantitative estimate of drug-likeness (QED) is 0.917. The molecule has 1 saturated heterocycles. The molecule has 1 fully saturated rings. The zero-order chi connectivity index (χ0) is 13.8. The highest BCUT2D eigenvalue weighted by Gasteiger charge is 2.24. The molecule has 5 nitrogen and oxygen atoms in total. The Kier molecular flexibility index (Phi) is 4.82. The van der Waals surface area contributed by atoms with Crippen LogP contribution in [0, 0.1) is 0 Å². The van der Waals surface area contributed by atoms with Gasteiger partial charge in [0.1, 0.15) is 5.02 Å². The second-order valence-corrected chi connectivity index (χ2v) is 5.50. The Morgan fingerprint density at radius 3 is 2.95 bits per heavy atom. The smallest absolute Gasteiger partial charge is 0.224 e. The third-order valence-electron chi connectivity index (χ3n) is 3.36. The molecular weight excluding hydrogens is 262 g/mol. The fourth-order valence-corrected chi connectivity index (χ4v) is 2.54. The number of halogens is 1. The first-order valence-electron chi connectivity index (χ1n) is 6.83. The fraction of sp³-hybridized carbons (Fsp3) is 0.692. The summed E-state index contributed by atoms with van der Waals surface area (Å²) in [5.74, 6) is 1.50. The van der Waals surface area contributed by atoms with E-state index < -0.39 is 0 Å². The average molecular weight is 284 g/mol. The summed E-state index contributed by atoms with van der Waals surface area (Å²) in [7, 11) is 2.14. The van der Waals surface area contributed by atoms with E-state index in [4.69, 9.17) is 11.6 Å². The lowest BCUT2D eigenvalue weighted by atomic mass is 10.2. The van der Waals surface area contributed by atoms with Crippen LogP contribution in [-0.4, -0.2) is 54.1 Å². The van der Waals surface area contributed by atoms with Gasteiger partial charge in [-0.25, -0.2) is 4.98 Å². The molecule has 2 heterocycles.